The molecule has 66 heavy (non-hydrogen) atoms. The first-order valence-corrected chi connectivity index (χ1v) is 25.6. The maximum Gasteiger partial charge on any atom is 0.268 e. The minimum absolute atomic E-state index is 0. The number of benzene rings is 7. The molecule has 0 aliphatic carbocycles. The topological polar surface area (TPSA) is 35.9 Å². The van der Waals surface area contributed by atoms with E-state index in [1.54, 1.807) is 0 Å². The third kappa shape index (κ3) is 8.38. The zero-order chi connectivity index (χ0) is 49.6. The first kappa shape index (κ1) is 38.9. The Balaban J connectivity index is 0.00000624. The van der Waals surface area contributed by atoms with Gasteiger partial charge in [-0.25, -0.2) is 4.98 Å². The van der Waals surface area contributed by atoms with Crippen molar-refractivity contribution in [1.29, 1.82) is 0 Å². The summed E-state index contributed by atoms with van der Waals surface area (Å²) in [4.78, 5) is 4.84. The number of imidazole rings is 1. The van der Waals surface area contributed by atoms with E-state index >= 15 is 0 Å². The fourth-order valence-corrected chi connectivity index (χ4v) is 9.77. The van der Waals surface area contributed by atoms with Gasteiger partial charge in [0, 0.05) is 44.3 Å². The summed E-state index contributed by atoms with van der Waals surface area (Å²) >= 11 is 0. The molecule has 0 saturated carbocycles. The van der Waals surface area contributed by atoms with Gasteiger partial charge in [0.05, 0.1) is 31.6 Å². The summed E-state index contributed by atoms with van der Waals surface area (Å²) in [5.41, 5.74) is 8.91. The molecule has 0 saturated heterocycles. The molecule has 3 heterocycles. The molecule has 10 rings (SSSR count). The van der Waals surface area contributed by atoms with Gasteiger partial charge in [0.1, 0.15) is 5.82 Å². The zero-order valence-corrected chi connectivity index (χ0v) is 42.0. The van der Waals surface area contributed by atoms with Gasteiger partial charge in [-0.3, -0.25) is 4.57 Å². The van der Waals surface area contributed by atoms with Crippen molar-refractivity contribution in [3.63, 3.8) is 0 Å². The van der Waals surface area contributed by atoms with E-state index in [1.165, 1.54) is 10.8 Å². The fraction of sp³-hybridized carbons (Fsp3) is 0.186. The van der Waals surface area contributed by atoms with Crippen LogP contribution in [0.2, 0.25) is 19.6 Å². The van der Waals surface area contributed by atoms with Gasteiger partial charge in [-0.1, -0.05) is 181 Å². The third-order valence-corrected chi connectivity index (χ3v) is 14.2. The van der Waals surface area contributed by atoms with E-state index in [9.17, 15) is 2.74 Å². The van der Waals surface area contributed by atoms with Gasteiger partial charge in [0.2, 0.25) is 0 Å². The molecule has 5 nitrogen and oxygen atoms in total. The Morgan fingerprint density at radius 1 is 0.636 bits per heavy atom. The Morgan fingerprint density at radius 3 is 2.06 bits per heavy atom. The van der Waals surface area contributed by atoms with Crippen molar-refractivity contribution in [2.75, 3.05) is 0 Å². The standard InChI is InChI=1S/C59H54N4OSi.Pt/c1-58(2,3)42-31-32-60-56(36-42)63-52-26-14-13-25-48(52)49-30-29-46(38-55(49)63)64-45-23-18-22-44(37-45)61-39-62(54-28-16-15-27-53(54)61)57-50(40-19-11-10-12-20-40)34-43(59(4,5)6)35-51(57)41-21-17-24-47(33-41)65(7,8)9;/h10-36H,1-9H3;/q-2;/i10D,11D,12D,19D,20D;. The Morgan fingerprint density at radius 2 is 1.32 bits per heavy atom. The summed E-state index contributed by atoms with van der Waals surface area (Å²) in [5.74, 6) is 1.79. The van der Waals surface area contributed by atoms with Gasteiger partial charge >= 0.3 is 0 Å². The van der Waals surface area contributed by atoms with E-state index in [4.69, 9.17) is 13.8 Å². The van der Waals surface area contributed by atoms with E-state index in [0.29, 0.717) is 28.4 Å². The van der Waals surface area contributed by atoms with Gasteiger partial charge in [-0.05, 0) is 73.5 Å². The van der Waals surface area contributed by atoms with Crippen LogP contribution in [0.3, 0.4) is 0 Å². The molecular weight excluding hydrogens is 1000 g/mol. The van der Waals surface area contributed by atoms with Crippen molar-refractivity contribution in [2.24, 2.45) is 0 Å². The summed E-state index contributed by atoms with van der Waals surface area (Å²) in [6, 6.07) is 48.5. The molecule has 7 heteroatoms. The molecular formula is C59H54N4OPtSi-2. The van der Waals surface area contributed by atoms with Crippen LogP contribution in [-0.4, -0.2) is 22.2 Å². The molecule has 3 aromatic heterocycles. The normalized spacial score (nSPS) is 13.3. The number of fused-ring (bicyclic) bond motifs is 4. The van der Waals surface area contributed by atoms with E-state index in [0.717, 1.165) is 55.3 Å². The summed E-state index contributed by atoms with van der Waals surface area (Å²) in [7, 11) is -1.80. The maximum atomic E-state index is 9.31. The van der Waals surface area contributed by atoms with Crippen molar-refractivity contribution >= 4 is 46.1 Å². The number of ether oxygens (including phenoxy) is 1. The maximum absolute atomic E-state index is 9.31. The predicted molar refractivity (Wildman–Crippen MR) is 271 cm³/mol. The van der Waals surface area contributed by atoms with E-state index < -0.39 is 26.2 Å². The molecule has 332 valence electrons. The average Bonchev–Trinajstić information content (AvgIpc) is 3.88. The van der Waals surface area contributed by atoms with Gasteiger partial charge in [-0.2, -0.15) is 18.2 Å². The quantitative estimate of drug-likeness (QED) is 0.0864. The van der Waals surface area contributed by atoms with Crippen molar-refractivity contribution in [3.8, 4) is 50.9 Å². The van der Waals surface area contributed by atoms with Crippen LogP contribution in [0.1, 0.15) is 59.5 Å². The molecule has 0 aliphatic rings. The molecule has 0 N–H and O–H groups in total. The Labute approximate surface area is 411 Å². The van der Waals surface area contributed by atoms with Crippen LogP contribution in [-0.2, 0) is 31.9 Å². The number of pyridine rings is 1. The van der Waals surface area contributed by atoms with Crippen LogP contribution in [0.15, 0.2) is 164 Å². The Bertz CT molecular complexity index is 3700. The zero-order valence-electron chi connectivity index (χ0n) is 43.7. The molecule has 0 unspecified atom stereocenters. The van der Waals surface area contributed by atoms with Crippen LogP contribution in [0.5, 0.6) is 11.5 Å². The Hall–Kier alpha value is -6.33. The largest absolute Gasteiger partial charge is 0.510 e. The van der Waals surface area contributed by atoms with Gasteiger partial charge in [0.15, 0.2) is 0 Å². The predicted octanol–water partition coefficient (Wildman–Crippen LogP) is 14.1. The number of aromatic nitrogens is 4. The first-order chi connectivity index (χ1) is 33.2. The summed E-state index contributed by atoms with van der Waals surface area (Å²) < 4.78 is 57.4. The third-order valence-electron chi connectivity index (χ3n) is 12.2. The van der Waals surface area contributed by atoms with Crippen LogP contribution in [0, 0.1) is 18.5 Å². The van der Waals surface area contributed by atoms with Crippen molar-refractivity contribution in [1.82, 2.24) is 14.1 Å². The monoisotopic (exact) mass is 1060 g/mol. The summed E-state index contributed by atoms with van der Waals surface area (Å²) in [6.45, 7) is 20.0. The molecule has 0 amide bonds. The van der Waals surface area contributed by atoms with Crippen molar-refractivity contribution < 1.29 is 37.2 Å². The second-order valence-electron chi connectivity index (χ2n) is 19.9. The average molecular weight is 1060 g/mol. The number of para-hydroxylation sites is 3. The molecule has 7 aromatic carbocycles. The molecule has 0 spiro atoms. The van der Waals surface area contributed by atoms with E-state index in [2.05, 4.69) is 145 Å². The molecule has 0 bridgehead atoms. The number of hydrogen-bond donors (Lipinski definition) is 0. The van der Waals surface area contributed by atoms with Crippen LogP contribution in [0.4, 0.5) is 0 Å². The van der Waals surface area contributed by atoms with E-state index in [-0.39, 0.29) is 49.5 Å². The fourth-order valence-electron chi connectivity index (χ4n) is 8.58. The smallest absolute Gasteiger partial charge is 0.268 e. The minimum Gasteiger partial charge on any atom is -0.510 e. The van der Waals surface area contributed by atoms with Gasteiger partial charge in [0.25, 0.3) is 6.33 Å². The summed E-state index contributed by atoms with van der Waals surface area (Å²) in [5, 5.41) is 3.40. The second-order valence-corrected chi connectivity index (χ2v) is 24.9. The minimum atomic E-state index is -1.80. The van der Waals surface area contributed by atoms with Crippen LogP contribution >= 0.6 is 0 Å². The Kier molecular flexibility index (Phi) is 10.1. The van der Waals surface area contributed by atoms with E-state index in [1.807, 2.05) is 82.1 Å². The van der Waals surface area contributed by atoms with Gasteiger partial charge < -0.3 is 13.9 Å². The number of rotatable bonds is 8. The van der Waals surface area contributed by atoms with Crippen molar-refractivity contribution in [2.45, 2.75) is 72.0 Å². The van der Waals surface area contributed by atoms with Crippen LogP contribution in [0.25, 0.3) is 72.3 Å². The summed E-state index contributed by atoms with van der Waals surface area (Å²) in [6.07, 6.45) is 5.55. The second kappa shape index (κ2) is 17.1. The molecule has 10 aromatic rings. The van der Waals surface area contributed by atoms with Crippen molar-refractivity contribution in [3.05, 3.63) is 193 Å². The molecule has 0 atom stereocenters. The molecule has 0 fully saturated rings. The number of nitrogens with zero attached hydrogens (tertiary/aromatic N) is 4. The SMILES string of the molecule is [2H]c1c([2H])c([2H])c(-c2cc(C(C)(C)C)cc(-c3cccc([Si](C)(C)C)c3)c2-[n+]2[c-]n(-c3[c-]c(Oc4[c-]c5c(cc4)c4ccccc4n5-c4cc(C(C)(C)C)ccn4)ccc3)c3ccccc32)c([2H])c1[2H].[Pt]. The molecule has 0 radical (unpaired) electrons. The molecule has 0 aliphatic heterocycles. The van der Waals surface area contributed by atoms with Crippen LogP contribution < -0.4 is 14.5 Å². The first-order valence-electron chi connectivity index (χ1n) is 24.6. The van der Waals surface area contributed by atoms with Gasteiger partial charge in [-0.15, -0.1) is 29.7 Å². The number of hydrogen-bond acceptors (Lipinski definition) is 2.